The van der Waals surface area contributed by atoms with Crippen LogP contribution in [0.4, 0.5) is 4.39 Å². The molecular weight excluding hydrogens is 181 g/mol. The van der Waals surface area contributed by atoms with Gasteiger partial charge in [-0.2, -0.15) is 0 Å². The van der Waals surface area contributed by atoms with Crippen LogP contribution in [0.5, 0.6) is 0 Å². The lowest BCUT2D eigenvalue weighted by Gasteiger charge is -2.05. The molecule has 0 radical (unpaired) electrons. The van der Waals surface area contributed by atoms with Crippen LogP contribution in [0.15, 0.2) is 18.3 Å². The molecule has 2 N–H and O–H groups in total. The fourth-order valence-electron chi connectivity index (χ4n) is 1.71. The Labute approximate surface area is 81.4 Å². The average Bonchev–Trinajstić information content (AvgIpc) is 2.42. The normalized spacial score (nSPS) is 13.4. The van der Waals surface area contributed by atoms with Crippen LogP contribution in [-0.4, -0.2) is 9.38 Å². The quantitative estimate of drug-likeness (QED) is 0.750. The van der Waals surface area contributed by atoms with E-state index in [0.717, 1.165) is 11.4 Å². The van der Waals surface area contributed by atoms with Gasteiger partial charge in [-0.25, -0.2) is 9.37 Å². The Kier molecular flexibility index (Phi) is 2.00. The molecule has 0 fully saturated rings. The fraction of sp³-hybridized carbons (Fsp3) is 0.300. The number of hydrogen-bond acceptors (Lipinski definition) is 2. The van der Waals surface area contributed by atoms with Gasteiger partial charge in [0.1, 0.15) is 0 Å². The van der Waals surface area contributed by atoms with E-state index >= 15 is 0 Å². The number of aromatic nitrogens is 2. The molecule has 2 aromatic rings. The van der Waals surface area contributed by atoms with Crippen LogP contribution in [0.2, 0.25) is 0 Å². The van der Waals surface area contributed by atoms with E-state index in [0.29, 0.717) is 5.65 Å². The molecule has 2 heterocycles. The van der Waals surface area contributed by atoms with Gasteiger partial charge < -0.3 is 5.73 Å². The van der Waals surface area contributed by atoms with Crippen molar-refractivity contribution in [3.05, 3.63) is 35.5 Å². The summed E-state index contributed by atoms with van der Waals surface area (Å²) in [7, 11) is 0. The summed E-state index contributed by atoms with van der Waals surface area (Å²) in [5.41, 5.74) is 7.78. The van der Waals surface area contributed by atoms with Gasteiger partial charge in [-0.05, 0) is 26.0 Å². The Bertz CT molecular complexity index is 473. The van der Waals surface area contributed by atoms with Crippen molar-refractivity contribution in [2.45, 2.75) is 19.9 Å². The molecular formula is C10H12FN3. The summed E-state index contributed by atoms with van der Waals surface area (Å²) in [6, 6.07) is 2.90. The molecule has 0 saturated heterocycles. The maximum atomic E-state index is 13.3. The highest BCUT2D eigenvalue weighted by Crippen LogP contribution is 2.18. The molecule has 74 valence electrons. The van der Waals surface area contributed by atoms with Crippen molar-refractivity contribution >= 4 is 5.65 Å². The van der Waals surface area contributed by atoms with Crippen LogP contribution in [0.1, 0.15) is 24.4 Å². The zero-order valence-corrected chi connectivity index (χ0v) is 8.16. The number of hydrogen-bond donors (Lipinski definition) is 1. The first-order valence-electron chi connectivity index (χ1n) is 4.50. The van der Waals surface area contributed by atoms with Gasteiger partial charge in [-0.15, -0.1) is 0 Å². The largest absolute Gasteiger partial charge is 0.323 e. The molecule has 2 aromatic heterocycles. The van der Waals surface area contributed by atoms with E-state index in [2.05, 4.69) is 4.98 Å². The van der Waals surface area contributed by atoms with Crippen molar-refractivity contribution in [2.75, 3.05) is 0 Å². The number of imidazole rings is 1. The molecule has 0 aliphatic rings. The minimum Gasteiger partial charge on any atom is -0.323 e. The Morgan fingerprint density at radius 3 is 2.93 bits per heavy atom. The molecule has 0 saturated carbocycles. The first kappa shape index (κ1) is 9.15. The van der Waals surface area contributed by atoms with Crippen LogP contribution in [0, 0.1) is 12.7 Å². The second kappa shape index (κ2) is 3.06. The summed E-state index contributed by atoms with van der Waals surface area (Å²) in [6.45, 7) is 3.70. The summed E-state index contributed by atoms with van der Waals surface area (Å²) in [4.78, 5) is 4.14. The van der Waals surface area contributed by atoms with Crippen molar-refractivity contribution in [3.63, 3.8) is 0 Å². The second-order valence-corrected chi connectivity index (χ2v) is 3.42. The second-order valence-electron chi connectivity index (χ2n) is 3.42. The van der Waals surface area contributed by atoms with E-state index in [-0.39, 0.29) is 11.9 Å². The highest BCUT2D eigenvalue weighted by atomic mass is 19.1. The monoisotopic (exact) mass is 193 g/mol. The Morgan fingerprint density at radius 2 is 2.29 bits per heavy atom. The van der Waals surface area contributed by atoms with E-state index in [1.807, 2.05) is 13.8 Å². The topological polar surface area (TPSA) is 43.3 Å². The molecule has 0 spiro atoms. The van der Waals surface area contributed by atoms with Crippen molar-refractivity contribution in [1.29, 1.82) is 0 Å². The van der Waals surface area contributed by atoms with E-state index in [1.165, 1.54) is 6.07 Å². The highest BCUT2D eigenvalue weighted by Gasteiger charge is 2.13. The fourth-order valence-corrected chi connectivity index (χ4v) is 1.71. The van der Waals surface area contributed by atoms with Gasteiger partial charge in [-0.3, -0.25) is 4.40 Å². The Hall–Kier alpha value is -1.42. The average molecular weight is 193 g/mol. The minimum absolute atomic E-state index is 0.146. The zero-order valence-electron chi connectivity index (χ0n) is 8.16. The molecule has 3 nitrogen and oxygen atoms in total. The number of nitrogens with two attached hydrogens (primary N) is 1. The van der Waals surface area contributed by atoms with E-state index in [9.17, 15) is 4.39 Å². The van der Waals surface area contributed by atoms with Gasteiger partial charge in [-0.1, -0.05) is 0 Å². The Balaban J connectivity index is 2.83. The molecule has 0 aliphatic heterocycles. The SMILES string of the molecule is Cc1nc2c(F)cccn2c1C(C)N. The van der Waals surface area contributed by atoms with Crippen LogP contribution in [0.25, 0.3) is 5.65 Å². The zero-order chi connectivity index (χ0) is 10.3. The summed E-state index contributed by atoms with van der Waals surface area (Å²) < 4.78 is 15.0. The number of fused-ring (bicyclic) bond motifs is 1. The summed E-state index contributed by atoms with van der Waals surface area (Å²) >= 11 is 0. The third kappa shape index (κ3) is 1.19. The van der Waals surface area contributed by atoms with Gasteiger partial charge in [0.2, 0.25) is 0 Å². The van der Waals surface area contributed by atoms with Crippen molar-refractivity contribution < 1.29 is 4.39 Å². The number of aryl methyl sites for hydroxylation is 1. The van der Waals surface area contributed by atoms with Gasteiger partial charge in [0.15, 0.2) is 11.5 Å². The number of halogens is 1. The molecule has 0 aliphatic carbocycles. The molecule has 0 aromatic carbocycles. The lowest BCUT2D eigenvalue weighted by Crippen LogP contribution is -2.09. The summed E-state index contributed by atoms with van der Waals surface area (Å²) in [6.07, 6.45) is 1.77. The van der Waals surface area contributed by atoms with Crippen LogP contribution in [0.3, 0.4) is 0 Å². The highest BCUT2D eigenvalue weighted by molar-refractivity contribution is 5.45. The lowest BCUT2D eigenvalue weighted by molar-refractivity contribution is 0.628. The Morgan fingerprint density at radius 1 is 1.57 bits per heavy atom. The number of rotatable bonds is 1. The first-order chi connectivity index (χ1) is 6.61. The number of pyridine rings is 1. The van der Waals surface area contributed by atoms with Crippen molar-refractivity contribution in [1.82, 2.24) is 9.38 Å². The van der Waals surface area contributed by atoms with Crippen LogP contribution < -0.4 is 5.73 Å². The summed E-state index contributed by atoms with van der Waals surface area (Å²) in [5, 5.41) is 0. The standard InChI is InChI=1S/C10H12FN3/c1-6(12)9-7(2)13-10-8(11)4-3-5-14(9)10/h3-6H,12H2,1-2H3. The third-order valence-electron chi connectivity index (χ3n) is 2.25. The molecule has 1 atom stereocenters. The lowest BCUT2D eigenvalue weighted by atomic mass is 10.2. The molecule has 0 amide bonds. The smallest absolute Gasteiger partial charge is 0.173 e. The van der Waals surface area contributed by atoms with Crippen LogP contribution in [-0.2, 0) is 0 Å². The van der Waals surface area contributed by atoms with Crippen molar-refractivity contribution in [3.8, 4) is 0 Å². The minimum atomic E-state index is -0.317. The maximum Gasteiger partial charge on any atom is 0.173 e. The first-order valence-corrected chi connectivity index (χ1v) is 4.50. The molecule has 2 rings (SSSR count). The maximum absolute atomic E-state index is 13.3. The van der Waals surface area contributed by atoms with Gasteiger partial charge in [0.05, 0.1) is 11.4 Å². The summed E-state index contributed by atoms with van der Waals surface area (Å²) in [5.74, 6) is -0.317. The van der Waals surface area contributed by atoms with E-state index < -0.39 is 0 Å². The third-order valence-corrected chi connectivity index (χ3v) is 2.25. The molecule has 1 unspecified atom stereocenters. The van der Waals surface area contributed by atoms with Crippen LogP contribution >= 0.6 is 0 Å². The van der Waals surface area contributed by atoms with Gasteiger partial charge in [0, 0.05) is 12.2 Å². The van der Waals surface area contributed by atoms with Gasteiger partial charge >= 0.3 is 0 Å². The predicted octanol–water partition coefficient (Wildman–Crippen LogP) is 1.80. The van der Waals surface area contributed by atoms with E-state index in [1.54, 1.807) is 16.7 Å². The number of nitrogens with zero attached hydrogens (tertiary/aromatic N) is 2. The van der Waals surface area contributed by atoms with E-state index in [4.69, 9.17) is 5.73 Å². The van der Waals surface area contributed by atoms with Gasteiger partial charge in [0.25, 0.3) is 0 Å². The van der Waals surface area contributed by atoms with Crippen molar-refractivity contribution in [2.24, 2.45) is 5.73 Å². The molecule has 4 heteroatoms. The molecule has 0 bridgehead atoms. The molecule has 14 heavy (non-hydrogen) atoms. The predicted molar refractivity (Wildman–Crippen MR) is 52.5 cm³/mol.